The number of hydrogen-bond acceptors (Lipinski definition) is 4. The fourth-order valence-electron chi connectivity index (χ4n) is 2.64. The van der Waals surface area contributed by atoms with Crippen LogP contribution in [0.3, 0.4) is 0 Å². The quantitative estimate of drug-likeness (QED) is 0.582. The molecule has 2 aliphatic heterocycles. The zero-order valence-corrected chi connectivity index (χ0v) is 11.7. The van der Waals surface area contributed by atoms with E-state index >= 15 is 0 Å². The zero-order chi connectivity index (χ0) is 13.0. The van der Waals surface area contributed by atoms with Gasteiger partial charge in [-0.05, 0) is 20.0 Å². The number of nitrogens with one attached hydrogen (secondary N) is 1. The van der Waals surface area contributed by atoms with E-state index in [9.17, 15) is 0 Å². The number of rotatable bonds is 3. The number of ether oxygens (including phenoxy) is 1. The first-order valence-corrected chi connectivity index (χ1v) is 7.06. The number of amidine groups is 1. The predicted molar refractivity (Wildman–Crippen MR) is 73.3 cm³/mol. The van der Waals surface area contributed by atoms with Crippen molar-refractivity contribution in [2.24, 2.45) is 0 Å². The van der Waals surface area contributed by atoms with Gasteiger partial charge in [0.05, 0.1) is 6.61 Å². The van der Waals surface area contributed by atoms with E-state index in [4.69, 9.17) is 10.1 Å². The minimum Gasteiger partial charge on any atom is -0.368 e. The molecule has 104 valence electrons. The summed E-state index contributed by atoms with van der Waals surface area (Å²) in [5, 5.41) is 8.32. The summed E-state index contributed by atoms with van der Waals surface area (Å²) in [6.07, 6.45) is 1.16. The Labute approximate surface area is 110 Å². The molecule has 1 N–H and O–H groups in total. The third kappa shape index (κ3) is 3.43. The molecule has 1 atom stereocenters. The third-order valence-corrected chi connectivity index (χ3v) is 3.84. The molecule has 2 heterocycles. The number of piperazine rings is 1. The first-order chi connectivity index (χ1) is 8.70. The molecule has 0 aromatic carbocycles. The van der Waals surface area contributed by atoms with Gasteiger partial charge in [0.2, 0.25) is 0 Å². The molecule has 2 rings (SSSR count). The Hall–Kier alpha value is -0.650. The van der Waals surface area contributed by atoms with Crippen molar-refractivity contribution >= 4 is 5.84 Å². The molecule has 5 heteroatoms. The first kappa shape index (κ1) is 13.8. The fourth-order valence-corrected chi connectivity index (χ4v) is 2.64. The van der Waals surface area contributed by atoms with Gasteiger partial charge in [0.15, 0.2) is 0 Å². The van der Waals surface area contributed by atoms with E-state index in [2.05, 4.69) is 28.7 Å². The smallest absolute Gasteiger partial charge is 0.127 e. The number of nitrogens with zero attached hydrogens (tertiary/aromatic N) is 3. The molecule has 0 aromatic heterocycles. The molecule has 0 saturated carbocycles. The van der Waals surface area contributed by atoms with Crippen LogP contribution in [0.2, 0.25) is 0 Å². The van der Waals surface area contributed by atoms with Crippen LogP contribution in [0.1, 0.15) is 13.3 Å². The molecule has 2 saturated heterocycles. The summed E-state index contributed by atoms with van der Waals surface area (Å²) in [5.74, 6) is 0.684. The second kappa shape index (κ2) is 6.50. The highest BCUT2D eigenvalue weighted by Crippen LogP contribution is 2.11. The lowest BCUT2D eigenvalue weighted by Crippen LogP contribution is -2.55. The van der Waals surface area contributed by atoms with Gasteiger partial charge >= 0.3 is 0 Å². The van der Waals surface area contributed by atoms with Crippen molar-refractivity contribution in [3.05, 3.63) is 0 Å². The second-order valence-corrected chi connectivity index (χ2v) is 5.34. The average molecular weight is 254 g/mol. The molecular weight excluding hydrogens is 228 g/mol. The van der Waals surface area contributed by atoms with Crippen LogP contribution in [-0.4, -0.2) is 86.1 Å². The molecule has 0 amide bonds. The molecule has 0 spiro atoms. The summed E-state index contributed by atoms with van der Waals surface area (Å²) in [6, 6.07) is 0. The summed E-state index contributed by atoms with van der Waals surface area (Å²) in [7, 11) is 2.14. The van der Waals surface area contributed by atoms with E-state index in [1.54, 1.807) is 0 Å². The predicted octanol–water partition coefficient (Wildman–Crippen LogP) is 0.322. The van der Waals surface area contributed by atoms with E-state index in [0.717, 1.165) is 52.4 Å². The lowest BCUT2D eigenvalue weighted by atomic mass is 10.2. The fraction of sp³-hybridized carbons (Fsp3) is 0.923. The maximum Gasteiger partial charge on any atom is 0.127 e. The van der Waals surface area contributed by atoms with Crippen LogP contribution in [0.4, 0.5) is 0 Å². The molecule has 0 aliphatic carbocycles. The van der Waals surface area contributed by atoms with Gasteiger partial charge in [-0.1, -0.05) is 6.92 Å². The molecular formula is C13H26N4O. The second-order valence-electron chi connectivity index (χ2n) is 5.34. The van der Waals surface area contributed by atoms with Crippen LogP contribution < -0.4 is 0 Å². The lowest BCUT2D eigenvalue weighted by Gasteiger charge is -2.39. The summed E-state index contributed by atoms with van der Waals surface area (Å²) >= 11 is 0. The molecule has 0 aromatic rings. The Kier molecular flexibility index (Phi) is 4.97. The SMILES string of the molecule is CCCN1CCOC(C(=N)N2CCN(C)CC2)C1. The highest BCUT2D eigenvalue weighted by molar-refractivity contribution is 5.84. The van der Waals surface area contributed by atoms with Gasteiger partial charge in [0.1, 0.15) is 11.9 Å². The average Bonchev–Trinajstić information content (AvgIpc) is 2.39. The third-order valence-electron chi connectivity index (χ3n) is 3.84. The number of likely N-dealkylation sites (N-methyl/N-ethyl adjacent to an activating group) is 1. The van der Waals surface area contributed by atoms with Crippen molar-refractivity contribution in [1.82, 2.24) is 14.7 Å². The highest BCUT2D eigenvalue weighted by Gasteiger charge is 2.28. The van der Waals surface area contributed by atoms with Crippen molar-refractivity contribution in [3.8, 4) is 0 Å². The Bertz CT molecular complexity index is 274. The van der Waals surface area contributed by atoms with Crippen LogP contribution in [0.25, 0.3) is 0 Å². The van der Waals surface area contributed by atoms with Crippen molar-refractivity contribution in [3.63, 3.8) is 0 Å². The van der Waals surface area contributed by atoms with Crippen LogP contribution in [0.15, 0.2) is 0 Å². The van der Waals surface area contributed by atoms with Crippen molar-refractivity contribution < 1.29 is 4.74 Å². The number of morpholine rings is 1. The summed E-state index contributed by atoms with van der Waals surface area (Å²) in [4.78, 5) is 6.91. The Balaban J connectivity index is 1.84. The molecule has 18 heavy (non-hydrogen) atoms. The molecule has 0 radical (unpaired) electrons. The summed E-state index contributed by atoms with van der Waals surface area (Å²) in [6.45, 7) is 10.0. The van der Waals surface area contributed by atoms with Crippen molar-refractivity contribution in [2.45, 2.75) is 19.4 Å². The summed E-state index contributed by atoms with van der Waals surface area (Å²) in [5.41, 5.74) is 0. The van der Waals surface area contributed by atoms with Gasteiger partial charge in [-0.3, -0.25) is 10.3 Å². The van der Waals surface area contributed by atoms with Gasteiger partial charge in [-0.25, -0.2) is 0 Å². The van der Waals surface area contributed by atoms with Crippen molar-refractivity contribution in [1.29, 1.82) is 5.41 Å². The van der Waals surface area contributed by atoms with E-state index in [0.29, 0.717) is 5.84 Å². The normalized spacial score (nSPS) is 27.4. The van der Waals surface area contributed by atoms with Crippen LogP contribution >= 0.6 is 0 Å². The van der Waals surface area contributed by atoms with Gasteiger partial charge in [0, 0.05) is 39.3 Å². The van der Waals surface area contributed by atoms with Gasteiger partial charge in [-0.2, -0.15) is 0 Å². The monoisotopic (exact) mass is 254 g/mol. The zero-order valence-electron chi connectivity index (χ0n) is 11.7. The first-order valence-electron chi connectivity index (χ1n) is 7.06. The Morgan fingerprint density at radius 2 is 1.94 bits per heavy atom. The van der Waals surface area contributed by atoms with Crippen LogP contribution in [0, 0.1) is 5.41 Å². The standard InChI is InChI=1S/C13H26N4O/c1-3-4-16-9-10-18-12(11-16)13(14)17-7-5-15(2)6-8-17/h12,14H,3-11H2,1-2H3. The van der Waals surface area contributed by atoms with Gasteiger partial charge in [0.25, 0.3) is 0 Å². The van der Waals surface area contributed by atoms with E-state index < -0.39 is 0 Å². The minimum atomic E-state index is -0.0197. The van der Waals surface area contributed by atoms with E-state index in [1.165, 1.54) is 6.42 Å². The lowest BCUT2D eigenvalue weighted by molar-refractivity contribution is -0.000744. The molecule has 2 aliphatic rings. The maximum atomic E-state index is 8.32. The minimum absolute atomic E-state index is 0.0197. The molecule has 5 nitrogen and oxygen atoms in total. The maximum absolute atomic E-state index is 8.32. The number of hydrogen-bond donors (Lipinski definition) is 1. The molecule has 2 fully saturated rings. The Morgan fingerprint density at radius 3 is 2.61 bits per heavy atom. The van der Waals surface area contributed by atoms with Crippen molar-refractivity contribution in [2.75, 3.05) is 59.5 Å². The van der Waals surface area contributed by atoms with Crippen LogP contribution in [-0.2, 0) is 4.74 Å². The van der Waals surface area contributed by atoms with Gasteiger partial charge < -0.3 is 14.5 Å². The van der Waals surface area contributed by atoms with E-state index in [1.807, 2.05) is 0 Å². The highest BCUT2D eigenvalue weighted by atomic mass is 16.5. The molecule has 0 bridgehead atoms. The van der Waals surface area contributed by atoms with E-state index in [-0.39, 0.29) is 6.10 Å². The topological polar surface area (TPSA) is 42.8 Å². The van der Waals surface area contributed by atoms with Crippen LogP contribution in [0.5, 0.6) is 0 Å². The van der Waals surface area contributed by atoms with Gasteiger partial charge in [-0.15, -0.1) is 0 Å². The Morgan fingerprint density at radius 1 is 1.22 bits per heavy atom. The largest absolute Gasteiger partial charge is 0.368 e. The molecule has 1 unspecified atom stereocenters. The summed E-state index contributed by atoms with van der Waals surface area (Å²) < 4.78 is 5.77.